The second-order valence-electron chi connectivity index (χ2n) is 6.94. The molecular weight excluding hydrogens is 451 g/mol. The van der Waals surface area contributed by atoms with Crippen LogP contribution in [0.3, 0.4) is 0 Å². The van der Waals surface area contributed by atoms with Crippen LogP contribution in [-0.4, -0.2) is 39.8 Å². The van der Waals surface area contributed by atoms with E-state index in [2.05, 4.69) is 31.3 Å². The van der Waals surface area contributed by atoms with Crippen LogP contribution in [0.15, 0.2) is 41.0 Å². The summed E-state index contributed by atoms with van der Waals surface area (Å²) in [5.41, 5.74) is 0.410. The number of nitrogens with zero attached hydrogens (tertiary/aromatic N) is 4. The minimum Gasteiger partial charge on any atom is -0.354 e. The van der Waals surface area contributed by atoms with Gasteiger partial charge in [0.2, 0.25) is 0 Å². The summed E-state index contributed by atoms with van der Waals surface area (Å²) >= 11 is 3.39. The fraction of sp³-hybridized carbons (Fsp3) is 0.316. The molecule has 0 radical (unpaired) electrons. The molecule has 10 heteroatoms. The van der Waals surface area contributed by atoms with Crippen molar-refractivity contribution >= 4 is 38.6 Å². The largest absolute Gasteiger partial charge is 0.417 e. The first-order valence-corrected chi connectivity index (χ1v) is 9.73. The van der Waals surface area contributed by atoms with E-state index >= 15 is 0 Å². The Labute approximate surface area is 172 Å². The standard InChI is InChI=1S/C19H17BrF3N5O/c1-27-17(14-4-3-12(20)8-15(14)26-27)18(29)25-13-6-7-28(10-13)16-5-2-11(9-24-16)19(21,22)23/h2-5,8-9,13H,6-7,10H2,1H3,(H,25,29). The van der Waals surface area contributed by atoms with E-state index in [1.54, 1.807) is 11.7 Å². The molecule has 152 valence electrons. The Morgan fingerprint density at radius 1 is 1.28 bits per heavy atom. The number of amides is 1. The van der Waals surface area contributed by atoms with Gasteiger partial charge in [-0.05, 0) is 36.8 Å². The molecule has 6 nitrogen and oxygen atoms in total. The quantitative estimate of drug-likeness (QED) is 0.636. The van der Waals surface area contributed by atoms with Crippen LogP contribution >= 0.6 is 15.9 Å². The van der Waals surface area contributed by atoms with Gasteiger partial charge in [0.15, 0.2) is 0 Å². The number of fused-ring (bicyclic) bond motifs is 1. The van der Waals surface area contributed by atoms with Crippen LogP contribution in [0.1, 0.15) is 22.5 Å². The molecule has 0 bridgehead atoms. The number of halogens is 4. The van der Waals surface area contributed by atoms with Gasteiger partial charge >= 0.3 is 6.18 Å². The SMILES string of the molecule is Cn1nc2cc(Br)ccc2c1C(=O)NC1CCN(c2ccc(C(F)(F)F)cn2)C1. The topological polar surface area (TPSA) is 63.1 Å². The lowest BCUT2D eigenvalue weighted by molar-refractivity contribution is -0.137. The monoisotopic (exact) mass is 467 g/mol. The summed E-state index contributed by atoms with van der Waals surface area (Å²) in [6, 6.07) is 7.79. The van der Waals surface area contributed by atoms with Crippen LogP contribution in [-0.2, 0) is 13.2 Å². The zero-order chi connectivity index (χ0) is 20.8. The van der Waals surface area contributed by atoms with Crippen LogP contribution in [0.2, 0.25) is 0 Å². The number of nitrogens with one attached hydrogen (secondary N) is 1. The van der Waals surface area contributed by atoms with Crippen LogP contribution in [0, 0.1) is 0 Å². The van der Waals surface area contributed by atoms with Crippen molar-refractivity contribution in [3.05, 3.63) is 52.3 Å². The molecule has 1 fully saturated rings. The Morgan fingerprint density at radius 2 is 2.07 bits per heavy atom. The zero-order valence-electron chi connectivity index (χ0n) is 15.4. The summed E-state index contributed by atoms with van der Waals surface area (Å²) in [4.78, 5) is 18.6. The number of hydrogen-bond acceptors (Lipinski definition) is 4. The third-order valence-electron chi connectivity index (χ3n) is 4.93. The van der Waals surface area contributed by atoms with E-state index in [-0.39, 0.29) is 11.9 Å². The van der Waals surface area contributed by atoms with Crippen molar-refractivity contribution in [1.82, 2.24) is 20.1 Å². The third kappa shape index (κ3) is 3.93. The first-order valence-electron chi connectivity index (χ1n) is 8.93. The maximum atomic E-state index is 12.8. The highest BCUT2D eigenvalue weighted by atomic mass is 79.9. The van der Waals surface area contributed by atoms with Crippen molar-refractivity contribution in [1.29, 1.82) is 0 Å². The van der Waals surface area contributed by atoms with Gasteiger partial charge in [0.05, 0.1) is 11.1 Å². The van der Waals surface area contributed by atoms with Gasteiger partial charge in [-0.3, -0.25) is 9.48 Å². The number of pyridine rings is 1. The second kappa shape index (κ2) is 7.33. The summed E-state index contributed by atoms with van der Waals surface area (Å²) in [7, 11) is 1.72. The van der Waals surface area contributed by atoms with Crippen molar-refractivity contribution in [2.75, 3.05) is 18.0 Å². The highest BCUT2D eigenvalue weighted by molar-refractivity contribution is 9.10. The van der Waals surface area contributed by atoms with Gasteiger partial charge in [-0.15, -0.1) is 0 Å². The highest BCUT2D eigenvalue weighted by Crippen LogP contribution is 2.30. The molecule has 1 saturated heterocycles. The number of hydrogen-bond donors (Lipinski definition) is 1. The van der Waals surface area contributed by atoms with Crippen LogP contribution in [0.4, 0.5) is 19.0 Å². The van der Waals surface area contributed by atoms with Gasteiger partial charge in [0.25, 0.3) is 5.91 Å². The van der Waals surface area contributed by atoms with E-state index in [0.717, 1.165) is 22.1 Å². The summed E-state index contributed by atoms with van der Waals surface area (Å²) in [5.74, 6) is 0.232. The van der Waals surface area contributed by atoms with Crippen LogP contribution in [0.25, 0.3) is 10.9 Å². The number of rotatable bonds is 3. The lowest BCUT2D eigenvalue weighted by Crippen LogP contribution is -2.38. The van der Waals surface area contributed by atoms with Gasteiger partial charge in [0.1, 0.15) is 11.5 Å². The summed E-state index contributed by atoms with van der Waals surface area (Å²) in [6.07, 6.45) is -2.90. The predicted octanol–water partition coefficient (Wildman–Crippen LogP) is 3.76. The Hall–Kier alpha value is -2.62. The number of carbonyl (C=O) groups is 1. The van der Waals surface area contributed by atoms with E-state index in [9.17, 15) is 18.0 Å². The van der Waals surface area contributed by atoms with Gasteiger partial charge in [0, 0.05) is 42.2 Å². The van der Waals surface area contributed by atoms with Crippen molar-refractivity contribution in [3.63, 3.8) is 0 Å². The minimum atomic E-state index is -4.41. The molecule has 1 aliphatic heterocycles. The highest BCUT2D eigenvalue weighted by Gasteiger charge is 2.32. The van der Waals surface area contributed by atoms with E-state index in [4.69, 9.17) is 0 Å². The number of aromatic nitrogens is 3. The lowest BCUT2D eigenvalue weighted by atomic mass is 10.2. The molecule has 3 heterocycles. The molecule has 0 spiro atoms. The van der Waals surface area contributed by atoms with E-state index in [1.165, 1.54) is 6.07 Å². The lowest BCUT2D eigenvalue weighted by Gasteiger charge is -2.18. The van der Waals surface area contributed by atoms with Crippen molar-refractivity contribution in [2.24, 2.45) is 7.05 Å². The van der Waals surface area contributed by atoms with Gasteiger partial charge in [-0.25, -0.2) is 4.98 Å². The average Bonchev–Trinajstić information content (AvgIpc) is 3.24. The fourth-order valence-corrected chi connectivity index (χ4v) is 3.87. The first-order chi connectivity index (χ1) is 13.7. The van der Waals surface area contributed by atoms with Crippen molar-refractivity contribution < 1.29 is 18.0 Å². The molecule has 1 atom stereocenters. The average molecular weight is 468 g/mol. The zero-order valence-corrected chi connectivity index (χ0v) is 17.0. The molecule has 1 aromatic carbocycles. The molecule has 1 unspecified atom stereocenters. The van der Waals surface area contributed by atoms with Gasteiger partial charge in [-0.2, -0.15) is 18.3 Å². The molecule has 1 amide bonds. The fourth-order valence-electron chi connectivity index (χ4n) is 3.52. The molecule has 29 heavy (non-hydrogen) atoms. The van der Waals surface area contributed by atoms with Gasteiger partial charge < -0.3 is 10.2 Å². The molecule has 1 aliphatic rings. The maximum Gasteiger partial charge on any atom is 0.417 e. The normalized spacial score (nSPS) is 17.1. The summed E-state index contributed by atoms with van der Waals surface area (Å²) in [5, 5.41) is 8.13. The Bertz CT molecular complexity index is 1060. The summed E-state index contributed by atoms with van der Waals surface area (Å²) in [6.45, 7) is 1.08. The maximum absolute atomic E-state index is 12.8. The molecule has 2 aromatic heterocycles. The Morgan fingerprint density at radius 3 is 2.76 bits per heavy atom. The molecular formula is C19H17BrF3N5O. The van der Waals surface area contributed by atoms with Crippen LogP contribution in [0.5, 0.6) is 0 Å². The minimum absolute atomic E-state index is 0.132. The van der Waals surface area contributed by atoms with Crippen molar-refractivity contribution in [3.8, 4) is 0 Å². The first kappa shape index (κ1) is 19.7. The Balaban J connectivity index is 1.45. The molecule has 0 saturated carbocycles. The molecule has 4 rings (SSSR count). The predicted molar refractivity (Wildman–Crippen MR) is 106 cm³/mol. The Kier molecular flexibility index (Phi) is 4.97. The summed E-state index contributed by atoms with van der Waals surface area (Å²) < 4.78 is 40.5. The van der Waals surface area contributed by atoms with E-state index < -0.39 is 11.7 Å². The molecule has 3 aromatic rings. The van der Waals surface area contributed by atoms with E-state index in [0.29, 0.717) is 36.5 Å². The number of aryl methyl sites for hydroxylation is 1. The number of anilines is 1. The molecule has 0 aliphatic carbocycles. The van der Waals surface area contributed by atoms with Crippen molar-refractivity contribution in [2.45, 2.75) is 18.6 Å². The number of carbonyl (C=O) groups excluding carboxylic acids is 1. The van der Waals surface area contributed by atoms with E-state index in [1.807, 2.05) is 23.1 Å². The van der Waals surface area contributed by atoms with Crippen LogP contribution < -0.4 is 10.2 Å². The molecule has 1 N–H and O–H groups in total. The second-order valence-corrected chi connectivity index (χ2v) is 7.86. The smallest absolute Gasteiger partial charge is 0.354 e. The third-order valence-corrected chi connectivity index (χ3v) is 5.43. The van der Waals surface area contributed by atoms with Gasteiger partial charge in [-0.1, -0.05) is 15.9 Å². The number of benzene rings is 1. The number of alkyl halides is 3.